The Labute approximate surface area is 80.4 Å². The summed E-state index contributed by atoms with van der Waals surface area (Å²) in [6.45, 7) is 1.80. The Balaban J connectivity index is 2.82. The van der Waals surface area contributed by atoms with Gasteiger partial charge in [0.2, 0.25) is 0 Å². The van der Waals surface area contributed by atoms with Crippen LogP contribution in [0.5, 0.6) is 0 Å². The highest BCUT2D eigenvalue weighted by atomic mass is 19.1. The third-order valence-corrected chi connectivity index (χ3v) is 2.04. The van der Waals surface area contributed by atoms with Crippen LogP contribution in [0.15, 0.2) is 24.3 Å². The molecule has 2 nitrogen and oxygen atoms in total. The lowest BCUT2D eigenvalue weighted by molar-refractivity contribution is 0.112. The third kappa shape index (κ3) is 1.37. The van der Waals surface area contributed by atoms with E-state index in [1.807, 2.05) is 0 Å². The van der Waals surface area contributed by atoms with Crippen LogP contribution in [0.3, 0.4) is 0 Å². The second-order valence-electron chi connectivity index (χ2n) is 3.14. The highest BCUT2D eigenvalue weighted by Gasteiger charge is 2.04. The van der Waals surface area contributed by atoms with Crippen LogP contribution in [0.1, 0.15) is 16.1 Å². The molecule has 0 amide bonds. The number of aldehydes is 1. The Morgan fingerprint density at radius 3 is 2.86 bits per heavy atom. The average Bonchev–Trinajstić information content (AvgIpc) is 2.19. The van der Waals surface area contributed by atoms with Crippen molar-refractivity contribution >= 4 is 17.2 Å². The van der Waals surface area contributed by atoms with Crippen molar-refractivity contribution < 1.29 is 9.18 Å². The van der Waals surface area contributed by atoms with Crippen LogP contribution in [-0.2, 0) is 0 Å². The van der Waals surface area contributed by atoms with E-state index < -0.39 is 5.82 Å². The molecule has 1 aromatic carbocycles. The van der Waals surface area contributed by atoms with Crippen LogP contribution in [0, 0.1) is 12.7 Å². The van der Waals surface area contributed by atoms with Gasteiger partial charge in [-0.05, 0) is 25.1 Å². The summed E-state index contributed by atoms with van der Waals surface area (Å²) in [5.74, 6) is -0.451. The predicted molar refractivity (Wildman–Crippen MR) is 51.8 cm³/mol. The normalized spacial score (nSPS) is 10.4. The zero-order valence-corrected chi connectivity index (χ0v) is 7.62. The summed E-state index contributed by atoms with van der Waals surface area (Å²) < 4.78 is 13.4. The zero-order valence-electron chi connectivity index (χ0n) is 7.62. The maximum atomic E-state index is 13.4. The van der Waals surface area contributed by atoms with Crippen LogP contribution in [0.2, 0.25) is 0 Å². The van der Waals surface area contributed by atoms with E-state index in [0.717, 1.165) is 5.69 Å². The standard InChI is InChI=1S/C11H8FNO/c1-7-2-3-9-4-8(6-14)5-10(12)11(9)13-7/h2-6H,1H3. The van der Waals surface area contributed by atoms with Gasteiger partial charge >= 0.3 is 0 Å². The van der Waals surface area contributed by atoms with E-state index in [9.17, 15) is 9.18 Å². The SMILES string of the molecule is Cc1ccc2cc(C=O)cc(F)c2n1. The minimum atomic E-state index is -0.451. The Kier molecular flexibility index (Phi) is 2.00. The minimum Gasteiger partial charge on any atom is -0.298 e. The first-order valence-electron chi connectivity index (χ1n) is 4.23. The van der Waals surface area contributed by atoms with E-state index in [4.69, 9.17) is 0 Å². The van der Waals surface area contributed by atoms with Gasteiger partial charge in [-0.1, -0.05) is 6.07 Å². The fraction of sp³-hybridized carbons (Fsp3) is 0.0909. The highest BCUT2D eigenvalue weighted by molar-refractivity contribution is 5.87. The van der Waals surface area contributed by atoms with E-state index in [1.165, 1.54) is 6.07 Å². The summed E-state index contributed by atoms with van der Waals surface area (Å²) in [4.78, 5) is 14.5. The molecule has 1 aromatic heterocycles. The lowest BCUT2D eigenvalue weighted by atomic mass is 10.1. The number of benzene rings is 1. The Bertz CT molecular complexity index is 508. The van der Waals surface area contributed by atoms with Crippen molar-refractivity contribution in [1.29, 1.82) is 0 Å². The molecule has 2 aromatic rings. The van der Waals surface area contributed by atoms with E-state index in [0.29, 0.717) is 22.8 Å². The average molecular weight is 189 g/mol. The lowest BCUT2D eigenvalue weighted by Gasteiger charge is -2.00. The summed E-state index contributed by atoms with van der Waals surface area (Å²) in [5.41, 5.74) is 1.41. The number of hydrogen-bond acceptors (Lipinski definition) is 2. The van der Waals surface area contributed by atoms with Gasteiger partial charge in [-0.3, -0.25) is 9.78 Å². The molecule has 0 aliphatic carbocycles. The quantitative estimate of drug-likeness (QED) is 0.645. The fourth-order valence-electron chi connectivity index (χ4n) is 1.38. The number of carbonyl (C=O) groups excluding carboxylic acids is 1. The maximum absolute atomic E-state index is 13.4. The van der Waals surface area contributed by atoms with Crippen molar-refractivity contribution in [3.63, 3.8) is 0 Å². The molecule has 1 heterocycles. The molecule has 0 fully saturated rings. The number of fused-ring (bicyclic) bond motifs is 1. The molecule has 70 valence electrons. The first-order valence-corrected chi connectivity index (χ1v) is 4.23. The molecule has 0 saturated carbocycles. The zero-order chi connectivity index (χ0) is 10.1. The Morgan fingerprint density at radius 2 is 2.14 bits per heavy atom. The van der Waals surface area contributed by atoms with Crippen molar-refractivity contribution in [3.8, 4) is 0 Å². The molecule has 14 heavy (non-hydrogen) atoms. The third-order valence-electron chi connectivity index (χ3n) is 2.04. The van der Waals surface area contributed by atoms with Gasteiger partial charge in [-0.2, -0.15) is 0 Å². The number of aromatic nitrogens is 1. The van der Waals surface area contributed by atoms with Crippen molar-refractivity contribution in [3.05, 3.63) is 41.3 Å². The molecule has 3 heteroatoms. The summed E-state index contributed by atoms with van der Waals surface area (Å²) in [7, 11) is 0. The molecular formula is C11H8FNO. The number of aryl methyl sites for hydroxylation is 1. The summed E-state index contributed by atoms with van der Waals surface area (Å²) in [6, 6.07) is 6.36. The first-order chi connectivity index (χ1) is 6.70. The number of nitrogens with zero attached hydrogens (tertiary/aromatic N) is 1. The van der Waals surface area contributed by atoms with Crippen LogP contribution in [0.25, 0.3) is 10.9 Å². The summed E-state index contributed by atoms with van der Waals surface area (Å²) in [5, 5.41) is 0.651. The van der Waals surface area contributed by atoms with E-state index in [2.05, 4.69) is 4.98 Å². The summed E-state index contributed by atoms with van der Waals surface area (Å²) in [6.07, 6.45) is 0.627. The summed E-state index contributed by atoms with van der Waals surface area (Å²) >= 11 is 0. The molecule has 0 aliphatic rings. The van der Waals surface area contributed by atoms with Crippen molar-refractivity contribution in [2.45, 2.75) is 6.92 Å². The number of halogens is 1. The van der Waals surface area contributed by atoms with E-state index in [-0.39, 0.29) is 0 Å². The molecule has 0 unspecified atom stereocenters. The van der Waals surface area contributed by atoms with E-state index in [1.54, 1.807) is 25.1 Å². The predicted octanol–water partition coefficient (Wildman–Crippen LogP) is 2.49. The molecule has 0 N–H and O–H groups in total. The Morgan fingerprint density at radius 1 is 1.36 bits per heavy atom. The monoisotopic (exact) mass is 189 g/mol. The largest absolute Gasteiger partial charge is 0.298 e. The van der Waals surface area contributed by atoms with Crippen LogP contribution >= 0.6 is 0 Å². The van der Waals surface area contributed by atoms with Crippen LogP contribution in [-0.4, -0.2) is 11.3 Å². The number of carbonyl (C=O) groups is 1. The van der Waals surface area contributed by atoms with Crippen molar-refractivity contribution in [2.24, 2.45) is 0 Å². The highest BCUT2D eigenvalue weighted by Crippen LogP contribution is 2.17. The van der Waals surface area contributed by atoms with Crippen molar-refractivity contribution in [1.82, 2.24) is 4.98 Å². The topological polar surface area (TPSA) is 30.0 Å². The lowest BCUT2D eigenvalue weighted by Crippen LogP contribution is -1.90. The fourth-order valence-corrected chi connectivity index (χ4v) is 1.38. The maximum Gasteiger partial charge on any atom is 0.150 e. The number of hydrogen-bond donors (Lipinski definition) is 0. The molecule has 0 atom stereocenters. The van der Waals surface area contributed by atoms with Gasteiger partial charge in [0, 0.05) is 16.6 Å². The van der Waals surface area contributed by atoms with Gasteiger partial charge in [-0.15, -0.1) is 0 Å². The van der Waals surface area contributed by atoms with Gasteiger partial charge < -0.3 is 0 Å². The van der Waals surface area contributed by atoms with Crippen LogP contribution < -0.4 is 0 Å². The van der Waals surface area contributed by atoms with Gasteiger partial charge in [0.25, 0.3) is 0 Å². The number of rotatable bonds is 1. The van der Waals surface area contributed by atoms with Gasteiger partial charge in [0.1, 0.15) is 17.6 Å². The number of pyridine rings is 1. The van der Waals surface area contributed by atoms with Crippen molar-refractivity contribution in [2.75, 3.05) is 0 Å². The van der Waals surface area contributed by atoms with Gasteiger partial charge in [0.15, 0.2) is 0 Å². The van der Waals surface area contributed by atoms with Crippen LogP contribution in [0.4, 0.5) is 4.39 Å². The molecule has 2 rings (SSSR count). The second kappa shape index (κ2) is 3.18. The molecule has 0 saturated heterocycles. The smallest absolute Gasteiger partial charge is 0.150 e. The Hall–Kier alpha value is -1.77. The molecule has 0 spiro atoms. The second-order valence-corrected chi connectivity index (χ2v) is 3.14. The van der Waals surface area contributed by atoms with E-state index >= 15 is 0 Å². The molecular weight excluding hydrogens is 181 g/mol. The van der Waals surface area contributed by atoms with Gasteiger partial charge in [0.05, 0.1) is 0 Å². The molecule has 0 bridgehead atoms. The first kappa shape index (κ1) is 8.81. The molecule has 0 radical (unpaired) electrons. The molecule has 0 aliphatic heterocycles. The minimum absolute atomic E-state index is 0.315. The van der Waals surface area contributed by atoms with Gasteiger partial charge in [-0.25, -0.2) is 4.39 Å².